The van der Waals surface area contributed by atoms with Crippen LogP contribution in [0.3, 0.4) is 0 Å². The zero-order chi connectivity index (χ0) is 25.6. The molecule has 0 unspecified atom stereocenters. The number of hydrogen-bond donors (Lipinski definition) is 2. The van der Waals surface area contributed by atoms with Gasteiger partial charge in [-0.3, -0.25) is 9.59 Å². The number of amides is 2. The summed E-state index contributed by atoms with van der Waals surface area (Å²) in [5.41, 5.74) is 12.4. The quantitative estimate of drug-likeness (QED) is 0.556. The third kappa shape index (κ3) is 9.01. The van der Waals surface area contributed by atoms with Crippen LogP contribution < -0.4 is 16.4 Å². The average Bonchev–Trinajstić information content (AvgIpc) is 3.17. The summed E-state index contributed by atoms with van der Waals surface area (Å²) in [6.45, 7) is 13.6. The highest BCUT2D eigenvalue weighted by Gasteiger charge is 2.24. The summed E-state index contributed by atoms with van der Waals surface area (Å²) in [4.78, 5) is 32.9. The Bertz CT molecular complexity index is 978. The molecule has 9 heteroatoms. The number of carbonyl (C=O) groups is 2. The van der Waals surface area contributed by atoms with E-state index >= 15 is 0 Å². The van der Waals surface area contributed by atoms with E-state index in [9.17, 15) is 0 Å². The molecule has 1 aliphatic heterocycles. The first-order valence-electron chi connectivity index (χ1n) is 11.2. The normalized spacial score (nSPS) is 11.9. The molecule has 34 heavy (non-hydrogen) atoms. The van der Waals surface area contributed by atoms with Gasteiger partial charge in [0.2, 0.25) is 18.8 Å². The minimum atomic E-state index is 0.250. The number of rotatable bonds is 2. The van der Waals surface area contributed by atoms with Crippen LogP contribution >= 0.6 is 0 Å². The topological polar surface area (TPSA) is 133 Å². The van der Waals surface area contributed by atoms with E-state index in [4.69, 9.17) is 14.6 Å². The van der Waals surface area contributed by atoms with Crippen LogP contribution in [0.1, 0.15) is 45.5 Å². The third-order valence-corrected chi connectivity index (χ3v) is 5.13. The van der Waals surface area contributed by atoms with Crippen molar-refractivity contribution in [3.05, 3.63) is 60.2 Å². The van der Waals surface area contributed by atoms with E-state index in [1.54, 1.807) is 12.4 Å². The second-order valence-electron chi connectivity index (χ2n) is 8.64. The largest absolute Gasteiger partial charge is 0.372 e. The van der Waals surface area contributed by atoms with Crippen LogP contribution in [0.15, 0.2) is 48.8 Å². The number of aryl methyl sites for hydroxylation is 1. The Morgan fingerprint density at radius 1 is 0.971 bits per heavy atom. The fourth-order valence-corrected chi connectivity index (χ4v) is 2.96. The number of carbonyl (C=O) groups excluding carboxylic acids is 2. The number of nitrogens with two attached hydrogens (primary N) is 2. The molecular weight excluding hydrogens is 430 g/mol. The number of nitrogens with zero attached hydrogens (tertiary/aromatic N) is 5. The molecule has 0 radical (unpaired) electrons. The van der Waals surface area contributed by atoms with Crippen LogP contribution in [0.2, 0.25) is 0 Å². The molecular formula is C25H37N7O2. The summed E-state index contributed by atoms with van der Waals surface area (Å²) in [6, 6.07) is 12.2. The fraction of sp³-hybridized carbons (Fsp3) is 0.400. The van der Waals surface area contributed by atoms with Gasteiger partial charge in [0.25, 0.3) is 0 Å². The first-order chi connectivity index (χ1) is 16.2. The molecule has 4 rings (SSSR count). The number of aromatic nitrogens is 4. The Morgan fingerprint density at radius 3 is 2.00 bits per heavy atom. The maximum absolute atomic E-state index is 8.58. The minimum absolute atomic E-state index is 0.250. The predicted molar refractivity (Wildman–Crippen MR) is 136 cm³/mol. The van der Waals surface area contributed by atoms with Crippen molar-refractivity contribution in [1.29, 1.82) is 0 Å². The van der Waals surface area contributed by atoms with Crippen molar-refractivity contribution in [3.8, 4) is 11.4 Å². The standard InChI is InChI=1S/C17H17N5.C6H14.2CH3NO/c1-13-15-12-21(17-18-8-5-9-19-17)10-11-22(15)16(20-13)14-6-3-2-4-7-14;1-5-6(2,3)4;2*2-1-3/h2-9H,10-12H2,1H3;5H2,1-4H3;2*1H,(H2,2,3). The molecule has 2 aromatic heterocycles. The first-order valence-corrected chi connectivity index (χ1v) is 11.2. The van der Waals surface area contributed by atoms with Crippen molar-refractivity contribution in [2.24, 2.45) is 16.9 Å². The lowest BCUT2D eigenvalue weighted by Crippen LogP contribution is -2.35. The number of anilines is 1. The van der Waals surface area contributed by atoms with Gasteiger partial charge < -0.3 is 20.9 Å². The molecule has 0 saturated carbocycles. The molecule has 0 spiro atoms. The molecule has 0 bridgehead atoms. The van der Waals surface area contributed by atoms with Crippen LogP contribution in [0.5, 0.6) is 0 Å². The summed E-state index contributed by atoms with van der Waals surface area (Å²) in [6.07, 6.45) is 5.35. The molecule has 0 aliphatic carbocycles. The zero-order valence-corrected chi connectivity index (χ0v) is 20.8. The van der Waals surface area contributed by atoms with E-state index in [0.717, 1.165) is 37.1 Å². The second kappa shape index (κ2) is 14.4. The van der Waals surface area contributed by atoms with Crippen molar-refractivity contribution in [3.63, 3.8) is 0 Å². The maximum atomic E-state index is 8.58. The lowest BCUT2D eigenvalue weighted by atomic mass is 9.94. The summed E-state index contributed by atoms with van der Waals surface area (Å²) in [7, 11) is 0. The van der Waals surface area contributed by atoms with Gasteiger partial charge in [0, 0.05) is 31.0 Å². The van der Waals surface area contributed by atoms with Gasteiger partial charge in [0.1, 0.15) is 5.82 Å². The van der Waals surface area contributed by atoms with Crippen molar-refractivity contribution in [2.75, 3.05) is 11.4 Å². The zero-order valence-electron chi connectivity index (χ0n) is 20.8. The van der Waals surface area contributed by atoms with Gasteiger partial charge >= 0.3 is 0 Å². The smallest absolute Gasteiger partial charge is 0.225 e. The highest BCUT2D eigenvalue weighted by Crippen LogP contribution is 2.27. The van der Waals surface area contributed by atoms with Crippen molar-refractivity contribution < 1.29 is 9.59 Å². The summed E-state index contributed by atoms with van der Waals surface area (Å²) in [5, 5.41) is 0. The molecule has 3 heterocycles. The Labute approximate surface area is 202 Å². The van der Waals surface area contributed by atoms with E-state index in [2.05, 4.69) is 89.8 Å². The molecule has 1 aliphatic rings. The molecule has 3 aromatic rings. The average molecular weight is 468 g/mol. The Balaban J connectivity index is 0.000000406. The molecule has 0 atom stereocenters. The van der Waals surface area contributed by atoms with Crippen LogP contribution in [0, 0.1) is 12.3 Å². The Morgan fingerprint density at radius 2 is 1.50 bits per heavy atom. The first kappa shape index (κ1) is 28.3. The number of hydrogen-bond acceptors (Lipinski definition) is 6. The Kier molecular flexibility index (Phi) is 12.0. The molecule has 9 nitrogen and oxygen atoms in total. The molecule has 2 amide bonds. The molecule has 1 aromatic carbocycles. The molecule has 184 valence electrons. The minimum Gasteiger partial charge on any atom is -0.372 e. The van der Waals surface area contributed by atoms with Gasteiger partial charge in [0.15, 0.2) is 0 Å². The number of primary amides is 2. The highest BCUT2D eigenvalue weighted by molar-refractivity contribution is 5.57. The maximum Gasteiger partial charge on any atom is 0.225 e. The lowest BCUT2D eigenvalue weighted by Gasteiger charge is -2.29. The fourth-order valence-electron chi connectivity index (χ4n) is 2.96. The van der Waals surface area contributed by atoms with Crippen molar-refractivity contribution in [2.45, 2.75) is 54.1 Å². The van der Waals surface area contributed by atoms with Gasteiger partial charge in [0.05, 0.1) is 17.9 Å². The molecule has 0 saturated heterocycles. The predicted octanol–water partition coefficient (Wildman–Crippen LogP) is 3.31. The Hall–Kier alpha value is -3.75. The summed E-state index contributed by atoms with van der Waals surface area (Å²) >= 11 is 0. The number of imidazole rings is 1. The van der Waals surface area contributed by atoms with Crippen LogP contribution in [-0.4, -0.2) is 38.9 Å². The number of fused-ring (bicyclic) bond motifs is 1. The van der Waals surface area contributed by atoms with Crippen molar-refractivity contribution in [1.82, 2.24) is 19.5 Å². The number of benzene rings is 1. The van der Waals surface area contributed by atoms with Gasteiger partial charge in [-0.1, -0.05) is 64.4 Å². The van der Waals surface area contributed by atoms with Crippen LogP contribution in [0.25, 0.3) is 11.4 Å². The summed E-state index contributed by atoms with van der Waals surface area (Å²) in [5.74, 6) is 1.84. The van der Waals surface area contributed by atoms with Crippen LogP contribution in [-0.2, 0) is 22.7 Å². The van der Waals surface area contributed by atoms with E-state index in [1.165, 1.54) is 17.7 Å². The van der Waals surface area contributed by atoms with Gasteiger partial charge in [-0.2, -0.15) is 0 Å². The van der Waals surface area contributed by atoms with E-state index in [1.807, 2.05) is 12.1 Å². The second-order valence-corrected chi connectivity index (χ2v) is 8.64. The molecule has 4 N–H and O–H groups in total. The van der Waals surface area contributed by atoms with E-state index in [-0.39, 0.29) is 12.8 Å². The third-order valence-electron chi connectivity index (χ3n) is 5.13. The van der Waals surface area contributed by atoms with Gasteiger partial charge in [-0.15, -0.1) is 0 Å². The van der Waals surface area contributed by atoms with Crippen molar-refractivity contribution >= 4 is 18.8 Å². The van der Waals surface area contributed by atoms with Gasteiger partial charge in [-0.25, -0.2) is 15.0 Å². The van der Waals surface area contributed by atoms with E-state index in [0.29, 0.717) is 5.41 Å². The molecule has 0 fully saturated rings. The SMILES string of the molecule is CCC(C)(C)C.Cc1nc(-c2ccccc2)n2c1CN(c1ncccn1)CC2.NC=O.NC=O. The summed E-state index contributed by atoms with van der Waals surface area (Å²) < 4.78 is 2.32. The highest BCUT2D eigenvalue weighted by atomic mass is 16.1. The van der Waals surface area contributed by atoms with Crippen LogP contribution in [0.4, 0.5) is 5.95 Å². The van der Waals surface area contributed by atoms with Gasteiger partial charge in [-0.05, 0) is 18.4 Å². The lowest BCUT2D eigenvalue weighted by molar-refractivity contribution is -0.107. The monoisotopic (exact) mass is 467 g/mol. The van der Waals surface area contributed by atoms with E-state index < -0.39 is 0 Å².